The molecule has 0 saturated heterocycles. The minimum atomic E-state index is -1.06. The first-order chi connectivity index (χ1) is 19.6. The fraction of sp³-hybridized carbons (Fsp3) is 0.321. The van der Waals surface area contributed by atoms with Gasteiger partial charge in [-0.15, -0.1) is 0 Å². The number of fused-ring (bicyclic) bond motifs is 1. The summed E-state index contributed by atoms with van der Waals surface area (Å²) in [7, 11) is 3.18. The fourth-order valence-corrected chi connectivity index (χ4v) is 4.72. The van der Waals surface area contributed by atoms with Crippen molar-refractivity contribution in [1.29, 1.82) is 0 Å². The number of carbonyl (C=O) groups is 2. The number of hydrogen-bond acceptors (Lipinski definition) is 9. The highest BCUT2D eigenvalue weighted by molar-refractivity contribution is 7.99. The zero-order chi connectivity index (χ0) is 29.6. The molecule has 13 heteroatoms. The molecule has 2 amide bonds. The SMILES string of the molecule is COCCOc1cc2ncnc(Sc3cccc(NC(=O)Nc4cc(C(C)(C)C)nn4CC(=O)O)c3)c2cc1OC. The molecule has 0 unspecified atom stereocenters. The van der Waals surface area contributed by atoms with Crippen molar-refractivity contribution < 1.29 is 28.9 Å². The van der Waals surface area contributed by atoms with E-state index in [1.54, 1.807) is 32.4 Å². The van der Waals surface area contributed by atoms with Crippen molar-refractivity contribution in [3.05, 3.63) is 54.5 Å². The number of amides is 2. The van der Waals surface area contributed by atoms with E-state index in [1.807, 2.05) is 45.0 Å². The Hall–Kier alpha value is -4.36. The maximum Gasteiger partial charge on any atom is 0.325 e. The van der Waals surface area contributed by atoms with Crippen LogP contribution in [0.25, 0.3) is 10.9 Å². The summed E-state index contributed by atoms with van der Waals surface area (Å²) < 4.78 is 17.6. The van der Waals surface area contributed by atoms with Crippen LogP contribution in [0.4, 0.5) is 16.3 Å². The second-order valence-corrected chi connectivity index (χ2v) is 11.0. The Labute approximate surface area is 241 Å². The predicted octanol–water partition coefficient (Wildman–Crippen LogP) is 5.04. The van der Waals surface area contributed by atoms with Crippen LogP contribution >= 0.6 is 11.8 Å². The summed E-state index contributed by atoms with van der Waals surface area (Å²) in [4.78, 5) is 33.8. The second kappa shape index (κ2) is 12.9. The van der Waals surface area contributed by atoms with Gasteiger partial charge in [-0.3, -0.25) is 10.1 Å². The maximum absolute atomic E-state index is 12.8. The van der Waals surface area contributed by atoms with Crippen LogP contribution in [0.1, 0.15) is 26.5 Å². The van der Waals surface area contributed by atoms with Gasteiger partial charge in [0.2, 0.25) is 0 Å². The molecule has 12 nitrogen and oxygen atoms in total. The number of nitrogens with zero attached hydrogens (tertiary/aromatic N) is 4. The number of hydrogen-bond donors (Lipinski definition) is 3. The van der Waals surface area contributed by atoms with E-state index in [9.17, 15) is 14.7 Å². The van der Waals surface area contributed by atoms with Gasteiger partial charge in [0.05, 0.1) is 24.9 Å². The fourth-order valence-electron chi connectivity index (χ4n) is 3.79. The van der Waals surface area contributed by atoms with E-state index in [-0.39, 0.29) is 17.8 Å². The van der Waals surface area contributed by atoms with Gasteiger partial charge >= 0.3 is 12.0 Å². The highest BCUT2D eigenvalue weighted by Crippen LogP contribution is 2.37. The lowest BCUT2D eigenvalue weighted by molar-refractivity contribution is -0.137. The van der Waals surface area contributed by atoms with Gasteiger partial charge in [0.15, 0.2) is 11.5 Å². The van der Waals surface area contributed by atoms with Crippen molar-refractivity contribution in [3.8, 4) is 11.5 Å². The first-order valence-electron chi connectivity index (χ1n) is 12.7. The van der Waals surface area contributed by atoms with Crippen molar-refractivity contribution in [2.75, 3.05) is 38.1 Å². The summed E-state index contributed by atoms with van der Waals surface area (Å²) in [6.45, 7) is 6.31. The number of nitrogens with one attached hydrogen (secondary N) is 2. The lowest BCUT2D eigenvalue weighted by atomic mass is 9.92. The molecule has 0 fully saturated rings. The van der Waals surface area contributed by atoms with Crippen LogP contribution in [0.5, 0.6) is 11.5 Å². The molecule has 2 aromatic carbocycles. The van der Waals surface area contributed by atoms with Gasteiger partial charge in [0.25, 0.3) is 0 Å². The lowest BCUT2D eigenvalue weighted by Crippen LogP contribution is -2.22. The van der Waals surface area contributed by atoms with E-state index in [0.29, 0.717) is 46.6 Å². The van der Waals surface area contributed by atoms with Gasteiger partial charge in [-0.05, 0) is 24.3 Å². The zero-order valence-electron chi connectivity index (χ0n) is 23.4. The third-order valence-electron chi connectivity index (χ3n) is 5.81. The van der Waals surface area contributed by atoms with Gasteiger partial charge < -0.3 is 24.6 Å². The molecular formula is C28H32N6O6S. The number of benzene rings is 2. The van der Waals surface area contributed by atoms with Gasteiger partial charge in [0, 0.05) is 40.6 Å². The van der Waals surface area contributed by atoms with E-state index in [0.717, 1.165) is 10.3 Å². The topological polar surface area (TPSA) is 150 Å². The number of aliphatic carboxylic acids is 1. The van der Waals surface area contributed by atoms with Crippen LogP contribution in [-0.4, -0.2) is 64.3 Å². The Kier molecular flexibility index (Phi) is 9.30. The van der Waals surface area contributed by atoms with Crippen LogP contribution in [0.3, 0.4) is 0 Å². The number of carbonyl (C=O) groups excluding carboxylic acids is 1. The summed E-state index contributed by atoms with van der Waals surface area (Å²) in [6, 6.07) is 12.1. The molecule has 216 valence electrons. The van der Waals surface area contributed by atoms with Gasteiger partial charge in [-0.1, -0.05) is 38.6 Å². The molecule has 0 radical (unpaired) electrons. The Bertz CT molecular complexity index is 1550. The van der Waals surface area contributed by atoms with Crippen molar-refractivity contribution in [1.82, 2.24) is 19.7 Å². The minimum absolute atomic E-state index is 0.285. The lowest BCUT2D eigenvalue weighted by Gasteiger charge is -2.13. The molecule has 2 aromatic heterocycles. The first kappa shape index (κ1) is 29.6. The van der Waals surface area contributed by atoms with Crippen LogP contribution in [-0.2, 0) is 21.5 Å². The number of methoxy groups -OCH3 is 2. The quantitative estimate of drug-likeness (QED) is 0.163. The largest absolute Gasteiger partial charge is 0.493 e. The summed E-state index contributed by atoms with van der Waals surface area (Å²) in [5.41, 5.74) is 1.57. The molecule has 0 spiro atoms. The summed E-state index contributed by atoms with van der Waals surface area (Å²) in [5, 5.41) is 20.6. The third-order valence-corrected chi connectivity index (χ3v) is 6.82. The molecule has 0 aliphatic rings. The van der Waals surface area contributed by atoms with Crippen LogP contribution < -0.4 is 20.1 Å². The van der Waals surface area contributed by atoms with Gasteiger partial charge in [0.1, 0.15) is 30.3 Å². The number of aromatic nitrogens is 4. The number of rotatable bonds is 11. The van der Waals surface area contributed by atoms with Crippen LogP contribution in [0.2, 0.25) is 0 Å². The Morgan fingerprint density at radius 1 is 1.02 bits per heavy atom. The Balaban J connectivity index is 1.51. The molecule has 0 atom stereocenters. The molecule has 0 aliphatic heterocycles. The minimum Gasteiger partial charge on any atom is -0.493 e. The molecule has 2 heterocycles. The van der Waals surface area contributed by atoms with E-state index >= 15 is 0 Å². The van der Waals surface area contributed by atoms with E-state index in [2.05, 4.69) is 25.7 Å². The van der Waals surface area contributed by atoms with Crippen molar-refractivity contribution >= 4 is 46.2 Å². The molecule has 4 aromatic rings. The highest BCUT2D eigenvalue weighted by Gasteiger charge is 2.22. The first-order valence-corrected chi connectivity index (χ1v) is 13.5. The number of urea groups is 1. The van der Waals surface area contributed by atoms with Crippen LogP contribution in [0, 0.1) is 0 Å². The maximum atomic E-state index is 12.8. The average molecular weight is 581 g/mol. The molecule has 3 N–H and O–H groups in total. The van der Waals surface area contributed by atoms with E-state index < -0.39 is 12.0 Å². The summed E-state index contributed by atoms with van der Waals surface area (Å²) in [5.74, 6) is 0.330. The standard InChI is InChI=1S/C28H32N6O6S/c1-28(2,3)23-14-24(34(33-23)15-25(35)36)32-27(37)31-17-7-6-8-18(11-17)41-26-19-12-21(39-5)22(40-10-9-38-4)13-20(19)29-16-30-26/h6-8,11-14,16H,9-10,15H2,1-5H3,(H,35,36)(H2,31,32,37). The molecule has 0 saturated carbocycles. The number of carboxylic acid groups (broad SMARTS) is 1. The van der Waals surface area contributed by atoms with Crippen molar-refractivity contribution in [2.24, 2.45) is 0 Å². The molecule has 0 aliphatic carbocycles. The monoisotopic (exact) mass is 580 g/mol. The third kappa shape index (κ3) is 7.64. The normalized spacial score (nSPS) is 11.3. The number of ether oxygens (including phenoxy) is 3. The van der Waals surface area contributed by atoms with E-state index in [4.69, 9.17) is 14.2 Å². The Morgan fingerprint density at radius 2 is 1.83 bits per heavy atom. The van der Waals surface area contributed by atoms with Gasteiger partial charge in [-0.25, -0.2) is 19.4 Å². The number of anilines is 2. The molecule has 0 bridgehead atoms. The van der Waals surface area contributed by atoms with Crippen molar-refractivity contribution in [2.45, 2.75) is 42.7 Å². The van der Waals surface area contributed by atoms with E-state index in [1.165, 1.54) is 22.8 Å². The average Bonchev–Trinajstić information content (AvgIpc) is 3.30. The molecule has 41 heavy (non-hydrogen) atoms. The second-order valence-electron chi connectivity index (χ2n) is 9.97. The van der Waals surface area contributed by atoms with Crippen LogP contribution in [0.15, 0.2) is 58.7 Å². The predicted molar refractivity (Wildman–Crippen MR) is 155 cm³/mol. The summed E-state index contributed by atoms with van der Waals surface area (Å²) >= 11 is 1.41. The smallest absolute Gasteiger partial charge is 0.325 e. The van der Waals surface area contributed by atoms with Crippen molar-refractivity contribution in [3.63, 3.8) is 0 Å². The number of carboxylic acids is 1. The van der Waals surface area contributed by atoms with Gasteiger partial charge in [-0.2, -0.15) is 5.10 Å². The molecular weight excluding hydrogens is 548 g/mol. The Morgan fingerprint density at radius 3 is 2.54 bits per heavy atom. The highest BCUT2D eigenvalue weighted by atomic mass is 32.2. The summed E-state index contributed by atoms with van der Waals surface area (Å²) in [6.07, 6.45) is 1.48. The zero-order valence-corrected chi connectivity index (χ0v) is 24.2. The molecule has 4 rings (SSSR count).